The summed E-state index contributed by atoms with van der Waals surface area (Å²) in [5, 5.41) is 11.0. The molecule has 66 valence electrons. The Morgan fingerprint density at radius 3 is 3.17 bits per heavy atom. The van der Waals surface area contributed by atoms with Gasteiger partial charge in [-0.25, -0.2) is 4.98 Å². The maximum absolute atomic E-state index is 10.7. The van der Waals surface area contributed by atoms with Gasteiger partial charge in [-0.3, -0.25) is 4.79 Å². The smallest absolute Gasteiger partial charge is 0.246 e. The summed E-state index contributed by atoms with van der Waals surface area (Å²) in [6, 6.07) is -0.195. The predicted octanol–water partition coefficient (Wildman–Crippen LogP) is -0.421. The number of imidazole rings is 1. The molecule has 5 heteroatoms. The van der Waals surface area contributed by atoms with E-state index in [0.29, 0.717) is 5.82 Å². The highest BCUT2D eigenvalue weighted by atomic mass is 16.3. The molecule has 0 radical (unpaired) electrons. The van der Waals surface area contributed by atoms with Crippen molar-refractivity contribution in [2.75, 3.05) is 6.61 Å². The highest BCUT2D eigenvalue weighted by Gasteiger charge is 2.09. The monoisotopic (exact) mass is 169 g/mol. The summed E-state index contributed by atoms with van der Waals surface area (Å²) >= 11 is 0. The van der Waals surface area contributed by atoms with Crippen LogP contribution in [0.3, 0.4) is 0 Å². The molecule has 0 aliphatic rings. The first-order chi connectivity index (χ1) is 5.74. The second-order valence-corrected chi connectivity index (χ2v) is 2.42. The van der Waals surface area contributed by atoms with Gasteiger partial charge in [0.25, 0.3) is 0 Å². The number of rotatable bonds is 3. The van der Waals surface area contributed by atoms with Crippen molar-refractivity contribution in [3.8, 4) is 0 Å². The van der Waals surface area contributed by atoms with Gasteiger partial charge in [0.1, 0.15) is 12.4 Å². The Morgan fingerprint density at radius 2 is 2.67 bits per heavy atom. The fourth-order valence-electron chi connectivity index (χ4n) is 0.870. The van der Waals surface area contributed by atoms with Crippen LogP contribution in [0.2, 0.25) is 0 Å². The molecule has 0 aliphatic carbocycles. The molecule has 1 amide bonds. The van der Waals surface area contributed by atoms with Gasteiger partial charge in [-0.1, -0.05) is 0 Å². The Kier molecular flexibility index (Phi) is 2.82. The van der Waals surface area contributed by atoms with Gasteiger partial charge in [0, 0.05) is 12.4 Å². The summed E-state index contributed by atoms with van der Waals surface area (Å²) in [4.78, 5) is 17.5. The molecule has 1 heterocycles. The number of hydrogen-bond acceptors (Lipinski definition) is 3. The van der Waals surface area contributed by atoms with E-state index < -0.39 is 12.5 Å². The Hall–Kier alpha value is -1.36. The molecule has 1 unspecified atom stereocenters. The number of aromatic amines is 1. The van der Waals surface area contributed by atoms with Crippen LogP contribution in [-0.2, 0) is 4.79 Å². The lowest BCUT2D eigenvalue weighted by molar-refractivity contribution is -0.124. The van der Waals surface area contributed by atoms with Crippen LogP contribution in [0, 0.1) is 0 Å². The normalized spacial score (nSPS) is 12.5. The van der Waals surface area contributed by atoms with E-state index in [2.05, 4.69) is 15.3 Å². The largest absolute Gasteiger partial charge is 0.387 e. The second kappa shape index (κ2) is 3.87. The summed E-state index contributed by atoms with van der Waals surface area (Å²) in [6.45, 7) is 1.29. The number of nitrogens with zero attached hydrogens (tertiary/aromatic N) is 1. The number of carbonyl (C=O) groups excluding carboxylic acids is 1. The minimum absolute atomic E-state index is 0.195. The quantitative estimate of drug-likeness (QED) is 0.575. The van der Waals surface area contributed by atoms with Gasteiger partial charge in [0.2, 0.25) is 5.91 Å². The summed E-state index contributed by atoms with van der Waals surface area (Å²) in [5.74, 6) is 0.274. The SMILES string of the molecule is CC(NC(=O)CO)c1ncc[nH]1. The molecule has 0 bridgehead atoms. The number of carbonyl (C=O) groups is 1. The van der Waals surface area contributed by atoms with Crippen molar-refractivity contribution in [2.45, 2.75) is 13.0 Å². The molecule has 1 aromatic rings. The number of hydrogen-bond donors (Lipinski definition) is 3. The maximum Gasteiger partial charge on any atom is 0.246 e. The topological polar surface area (TPSA) is 78.0 Å². The van der Waals surface area contributed by atoms with E-state index in [1.54, 1.807) is 19.3 Å². The number of nitrogens with one attached hydrogen (secondary N) is 2. The van der Waals surface area contributed by atoms with Crippen molar-refractivity contribution >= 4 is 5.91 Å². The van der Waals surface area contributed by atoms with E-state index >= 15 is 0 Å². The van der Waals surface area contributed by atoms with E-state index in [9.17, 15) is 4.79 Å². The fourth-order valence-corrected chi connectivity index (χ4v) is 0.870. The average Bonchev–Trinajstić information content (AvgIpc) is 2.56. The van der Waals surface area contributed by atoms with Crippen molar-refractivity contribution in [2.24, 2.45) is 0 Å². The molecule has 0 aromatic carbocycles. The molecule has 0 spiro atoms. The molecule has 0 fully saturated rings. The van der Waals surface area contributed by atoms with Gasteiger partial charge in [-0.05, 0) is 6.92 Å². The van der Waals surface area contributed by atoms with E-state index in [-0.39, 0.29) is 6.04 Å². The number of aliphatic hydroxyl groups is 1. The molecule has 0 aliphatic heterocycles. The molecule has 12 heavy (non-hydrogen) atoms. The number of aliphatic hydroxyl groups excluding tert-OH is 1. The van der Waals surface area contributed by atoms with Crippen LogP contribution in [0.1, 0.15) is 18.8 Å². The third-order valence-electron chi connectivity index (χ3n) is 1.45. The van der Waals surface area contributed by atoms with Crippen LogP contribution in [0.15, 0.2) is 12.4 Å². The summed E-state index contributed by atoms with van der Waals surface area (Å²) in [7, 11) is 0. The highest BCUT2D eigenvalue weighted by Crippen LogP contribution is 2.03. The van der Waals surface area contributed by atoms with Gasteiger partial charge in [0.15, 0.2) is 0 Å². The van der Waals surface area contributed by atoms with Gasteiger partial charge in [0.05, 0.1) is 6.04 Å². The van der Waals surface area contributed by atoms with Crippen molar-refractivity contribution in [3.05, 3.63) is 18.2 Å². The van der Waals surface area contributed by atoms with Crippen LogP contribution in [0.5, 0.6) is 0 Å². The van der Waals surface area contributed by atoms with Crippen LogP contribution >= 0.6 is 0 Å². The van der Waals surface area contributed by atoms with Crippen LogP contribution < -0.4 is 5.32 Å². The van der Waals surface area contributed by atoms with E-state index in [1.165, 1.54) is 0 Å². The minimum atomic E-state index is -0.495. The standard InChI is InChI=1S/C7H11N3O2/c1-5(10-6(12)4-11)7-8-2-3-9-7/h2-3,5,11H,4H2,1H3,(H,8,9)(H,10,12). The minimum Gasteiger partial charge on any atom is -0.387 e. The lowest BCUT2D eigenvalue weighted by Gasteiger charge is -2.09. The predicted molar refractivity (Wildman–Crippen MR) is 42.2 cm³/mol. The van der Waals surface area contributed by atoms with E-state index in [1.807, 2.05) is 0 Å². The Balaban J connectivity index is 2.49. The van der Waals surface area contributed by atoms with Gasteiger partial charge in [-0.15, -0.1) is 0 Å². The number of H-pyrrole nitrogens is 1. The molecule has 1 atom stereocenters. The van der Waals surface area contributed by atoms with Gasteiger partial charge in [-0.2, -0.15) is 0 Å². The zero-order valence-electron chi connectivity index (χ0n) is 6.74. The van der Waals surface area contributed by atoms with E-state index in [0.717, 1.165) is 0 Å². The van der Waals surface area contributed by atoms with Crippen molar-refractivity contribution in [1.29, 1.82) is 0 Å². The molecule has 3 N–H and O–H groups in total. The molecule has 5 nitrogen and oxygen atoms in total. The third kappa shape index (κ3) is 2.06. The molecule has 1 aromatic heterocycles. The molecular formula is C7H11N3O2. The Bertz CT molecular complexity index is 245. The van der Waals surface area contributed by atoms with Gasteiger partial charge < -0.3 is 15.4 Å². The van der Waals surface area contributed by atoms with Crippen LogP contribution in [0.4, 0.5) is 0 Å². The Labute approximate surface area is 69.8 Å². The van der Waals surface area contributed by atoms with Crippen molar-refractivity contribution in [1.82, 2.24) is 15.3 Å². The zero-order chi connectivity index (χ0) is 8.97. The first-order valence-electron chi connectivity index (χ1n) is 3.63. The molecule has 0 saturated carbocycles. The first-order valence-corrected chi connectivity index (χ1v) is 3.63. The second-order valence-electron chi connectivity index (χ2n) is 2.42. The summed E-state index contributed by atoms with van der Waals surface area (Å²) in [6.07, 6.45) is 3.29. The Morgan fingerprint density at radius 1 is 1.92 bits per heavy atom. The maximum atomic E-state index is 10.7. The zero-order valence-corrected chi connectivity index (χ0v) is 6.74. The molecule has 0 saturated heterocycles. The number of amides is 1. The summed E-state index contributed by atoms with van der Waals surface area (Å²) in [5.41, 5.74) is 0. The lowest BCUT2D eigenvalue weighted by Crippen LogP contribution is -2.29. The van der Waals surface area contributed by atoms with Crippen LogP contribution in [-0.4, -0.2) is 27.6 Å². The third-order valence-corrected chi connectivity index (χ3v) is 1.45. The lowest BCUT2D eigenvalue weighted by atomic mass is 10.3. The summed E-state index contributed by atoms with van der Waals surface area (Å²) < 4.78 is 0. The fraction of sp³-hybridized carbons (Fsp3) is 0.429. The van der Waals surface area contributed by atoms with Gasteiger partial charge >= 0.3 is 0 Å². The highest BCUT2D eigenvalue weighted by molar-refractivity contribution is 5.77. The number of aromatic nitrogens is 2. The molecular weight excluding hydrogens is 158 g/mol. The van der Waals surface area contributed by atoms with Crippen molar-refractivity contribution < 1.29 is 9.90 Å². The van der Waals surface area contributed by atoms with Crippen molar-refractivity contribution in [3.63, 3.8) is 0 Å². The molecule has 1 rings (SSSR count). The van der Waals surface area contributed by atoms with E-state index in [4.69, 9.17) is 5.11 Å². The average molecular weight is 169 g/mol. The van der Waals surface area contributed by atoms with Crippen LogP contribution in [0.25, 0.3) is 0 Å². The first kappa shape index (κ1) is 8.73.